The number of phenols is 2. The number of phenolic OH excluding ortho intramolecular Hbond substituents is 2. The van der Waals surface area contributed by atoms with Crippen LogP contribution in [0.5, 0.6) is 11.5 Å². The van der Waals surface area contributed by atoms with E-state index in [2.05, 4.69) is 13.2 Å². The van der Waals surface area contributed by atoms with Crippen LogP contribution in [0.4, 0.5) is 0 Å². The van der Waals surface area contributed by atoms with Crippen LogP contribution in [0, 0.1) is 0 Å². The Kier molecular flexibility index (Phi) is 6.06. The van der Waals surface area contributed by atoms with Gasteiger partial charge in [0, 0.05) is 0 Å². The van der Waals surface area contributed by atoms with Crippen LogP contribution in [0.25, 0.3) is 0 Å². The molecule has 0 radical (unpaired) electrons. The van der Waals surface area contributed by atoms with Crippen molar-refractivity contribution in [3.05, 3.63) is 48.6 Å². The first-order valence-electron chi connectivity index (χ1n) is 6.44. The summed E-state index contributed by atoms with van der Waals surface area (Å²) < 4.78 is 0. The number of aryl methyl sites for hydroxylation is 2. The van der Waals surface area contributed by atoms with E-state index in [0.29, 0.717) is 6.42 Å². The van der Waals surface area contributed by atoms with Crippen LogP contribution in [0.1, 0.15) is 36.8 Å². The third-order valence-corrected chi connectivity index (χ3v) is 3.00. The van der Waals surface area contributed by atoms with E-state index >= 15 is 0 Å². The summed E-state index contributed by atoms with van der Waals surface area (Å²) in [5, 5.41) is 19.8. The number of hydrogen-bond donors (Lipinski definition) is 2. The molecule has 0 aliphatic rings. The quantitative estimate of drug-likeness (QED) is 0.411. The zero-order valence-electron chi connectivity index (χ0n) is 10.9. The van der Waals surface area contributed by atoms with Gasteiger partial charge in [-0.1, -0.05) is 12.2 Å². The predicted molar refractivity (Wildman–Crippen MR) is 76.0 cm³/mol. The molecule has 2 N–H and O–H groups in total. The van der Waals surface area contributed by atoms with Gasteiger partial charge in [-0.15, -0.1) is 13.2 Å². The van der Waals surface area contributed by atoms with Gasteiger partial charge in [0.15, 0.2) is 0 Å². The smallest absolute Gasteiger partial charge is 0.119 e. The lowest BCUT2D eigenvalue weighted by Gasteiger charge is -2.09. The fraction of sp³-hybridized carbons (Fsp3) is 0.375. The van der Waals surface area contributed by atoms with Gasteiger partial charge in [0.05, 0.1) is 0 Å². The molecule has 0 aliphatic carbocycles. The molecule has 2 nitrogen and oxygen atoms in total. The van der Waals surface area contributed by atoms with E-state index in [1.165, 1.54) is 0 Å². The van der Waals surface area contributed by atoms with Crippen LogP contribution >= 0.6 is 0 Å². The van der Waals surface area contributed by atoms with Crippen molar-refractivity contribution in [1.29, 1.82) is 0 Å². The molecule has 0 heterocycles. The summed E-state index contributed by atoms with van der Waals surface area (Å²) in [5.41, 5.74) is 1.60. The van der Waals surface area contributed by atoms with E-state index in [-0.39, 0.29) is 11.5 Å². The normalized spacial score (nSPS) is 10.2. The van der Waals surface area contributed by atoms with Gasteiger partial charge in [-0.2, -0.15) is 0 Å². The molecule has 98 valence electrons. The Bertz CT molecular complexity index is 408. The van der Waals surface area contributed by atoms with E-state index in [1.807, 2.05) is 6.08 Å². The summed E-state index contributed by atoms with van der Waals surface area (Å²) in [7, 11) is 0. The first-order chi connectivity index (χ1) is 8.69. The lowest BCUT2D eigenvalue weighted by Crippen LogP contribution is -1.91. The summed E-state index contributed by atoms with van der Waals surface area (Å²) in [5.74, 6) is 0.554. The molecule has 0 spiro atoms. The zero-order valence-corrected chi connectivity index (χ0v) is 10.9. The second kappa shape index (κ2) is 7.59. The Morgan fingerprint density at radius 3 is 1.94 bits per heavy atom. The molecule has 0 atom stereocenters. The van der Waals surface area contributed by atoms with E-state index < -0.39 is 0 Å². The standard InChI is InChI=1S/C16H22O2/c1-3-5-7-8-10-14-12-15(17)13(9-6-4-2)11-16(14)18/h3-4,11-12,17-18H,1-2,5-10H2. The van der Waals surface area contributed by atoms with Gasteiger partial charge in [-0.3, -0.25) is 0 Å². The van der Waals surface area contributed by atoms with E-state index in [0.717, 1.165) is 43.2 Å². The molecule has 1 rings (SSSR count). The highest BCUT2D eigenvalue weighted by atomic mass is 16.3. The maximum absolute atomic E-state index is 9.91. The lowest BCUT2D eigenvalue weighted by atomic mass is 10.0. The van der Waals surface area contributed by atoms with Gasteiger partial charge in [0.2, 0.25) is 0 Å². The second-order valence-electron chi connectivity index (χ2n) is 4.47. The Labute approximate surface area is 109 Å². The molecular weight excluding hydrogens is 224 g/mol. The molecule has 0 saturated heterocycles. The maximum Gasteiger partial charge on any atom is 0.119 e. The molecule has 0 saturated carbocycles. The average molecular weight is 246 g/mol. The van der Waals surface area contributed by atoms with Crippen molar-refractivity contribution >= 4 is 0 Å². The van der Waals surface area contributed by atoms with Crippen LogP contribution in [0.15, 0.2) is 37.4 Å². The summed E-state index contributed by atoms with van der Waals surface area (Å²) >= 11 is 0. The summed E-state index contributed by atoms with van der Waals surface area (Å²) in [6, 6.07) is 3.35. The topological polar surface area (TPSA) is 40.5 Å². The van der Waals surface area contributed by atoms with Crippen LogP contribution in [-0.4, -0.2) is 10.2 Å². The van der Waals surface area contributed by atoms with Gasteiger partial charge < -0.3 is 10.2 Å². The summed E-state index contributed by atoms with van der Waals surface area (Å²) in [6.45, 7) is 7.33. The number of unbranched alkanes of at least 4 members (excludes halogenated alkanes) is 2. The average Bonchev–Trinajstić information content (AvgIpc) is 2.36. The van der Waals surface area contributed by atoms with Crippen molar-refractivity contribution in [1.82, 2.24) is 0 Å². The SMILES string of the molecule is C=CCCCCc1cc(O)c(CCC=C)cc1O. The molecule has 0 aromatic heterocycles. The minimum absolute atomic E-state index is 0.272. The van der Waals surface area contributed by atoms with Crippen molar-refractivity contribution in [3.63, 3.8) is 0 Å². The van der Waals surface area contributed by atoms with Gasteiger partial charge in [-0.25, -0.2) is 0 Å². The summed E-state index contributed by atoms with van der Waals surface area (Å²) in [4.78, 5) is 0. The molecule has 0 unspecified atom stereocenters. The molecule has 0 bridgehead atoms. The highest BCUT2D eigenvalue weighted by Crippen LogP contribution is 2.29. The molecule has 0 fully saturated rings. The van der Waals surface area contributed by atoms with Crippen LogP contribution < -0.4 is 0 Å². The molecule has 1 aromatic rings. The minimum atomic E-state index is 0.272. The Morgan fingerprint density at radius 1 is 0.833 bits per heavy atom. The number of rotatable bonds is 8. The fourth-order valence-corrected chi connectivity index (χ4v) is 1.93. The van der Waals surface area contributed by atoms with Crippen molar-refractivity contribution in [3.8, 4) is 11.5 Å². The third-order valence-electron chi connectivity index (χ3n) is 3.00. The predicted octanol–water partition coefficient (Wildman–Crippen LogP) is 4.12. The van der Waals surface area contributed by atoms with Crippen molar-refractivity contribution in [2.24, 2.45) is 0 Å². The molecule has 1 aromatic carbocycles. The van der Waals surface area contributed by atoms with E-state index in [9.17, 15) is 10.2 Å². The first-order valence-corrected chi connectivity index (χ1v) is 6.44. The van der Waals surface area contributed by atoms with E-state index in [1.54, 1.807) is 18.2 Å². The number of allylic oxidation sites excluding steroid dienone is 2. The number of aromatic hydroxyl groups is 2. The van der Waals surface area contributed by atoms with Crippen molar-refractivity contribution in [2.75, 3.05) is 0 Å². The van der Waals surface area contributed by atoms with Gasteiger partial charge in [-0.05, 0) is 61.8 Å². The number of hydrogen-bond acceptors (Lipinski definition) is 2. The molecule has 18 heavy (non-hydrogen) atoms. The molecule has 2 heteroatoms. The van der Waals surface area contributed by atoms with Crippen molar-refractivity contribution in [2.45, 2.75) is 38.5 Å². The molecule has 0 amide bonds. The van der Waals surface area contributed by atoms with Gasteiger partial charge >= 0.3 is 0 Å². The van der Waals surface area contributed by atoms with Gasteiger partial charge in [0.1, 0.15) is 11.5 Å². The van der Waals surface area contributed by atoms with Gasteiger partial charge in [0.25, 0.3) is 0 Å². The minimum Gasteiger partial charge on any atom is -0.508 e. The Balaban J connectivity index is 2.67. The molecular formula is C16H22O2. The summed E-state index contributed by atoms with van der Waals surface area (Å²) in [6.07, 6.45) is 9.03. The zero-order chi connectivity index (χ0) is 13.4. The third kappa shape index (κ3) is 4.28. The highest BCUT2D eigenvalue weighted by molar-refractivity contribution is 5.45. The second-order valence-corrected chi connectivity index (χ2v) is 4.47. The van der Waals surface area contributed by atoms with E-state index in [4.69, 9.17) is 0 Å². The highest BCUT2D eigenvalue weighted by Gasteiger charge is 2.08. The largest absolute Gasteiger partial charge is 0.508 e. The monoisotopic (exact) mass is 246 g/mol. The van der Waals surface area contributed by atoms with Crippen molar-refractivity contribution < 1.29 is 10.2 Å². The van der Waals surface area contributed by atoms with Crippen LogP contribution in [0.2, 0.25) is 0 Å². The van der Waals surface area contributed by atoms with Crippen LogP contribution in [-0.2, 0) is 12.8 Å². The Hall–Kier alpha value is -1.70. The van der Waals surface area contributed by atoms with Crippen LogP contribution in [0.3, 0.4) is 0 Å². The Morgan fingerprint density at radius 2 is 1.39 bits per heavy atom. The first kappa shape index (κ1) is 14.4. The number of benzene rings is 1. The lowest BCUT2D eigenvalue weighted by molar-refractivity contribution is 0.447. The molecule has 0 aliphatic heterocycles. The fourth-order valence-electron chi connectivity index (χ4n) is 1.93. The maximum atomic E-state index is 9.91.